The number of carbonyl (C=O) groups excluding carboxylic acids is 1. The maximum Gasteiger partial charge on any atom is 0.246 e. The monoisotopic (exact) mass is 203 g/mol. The van der Waals surface area contributed by atoms with Crippen LogP contribution in [-0.2, 0) is 11.3 Å². The highest BCUT2D eigenvalue weighted by atomic mass is 16.1. The summed E-state index contributed by atoms with van der Waals surface area (Å²) in [5.74, 6) is -0.00178. The molecule has 1 aromatic carbocycles. The summed E-state index contributed by atoms with van der Waals surface area (Å²) in [6.07, 6.45) is 1.81. The Bertz CT molecular complexity index is 363. The van der Waals surface area contributed by atoms with E-state index in [1.165, 1.54) is 5.56 Å². The van der Waals surface area contributed by atoms with Crippen LogP contribution in [0.25, 0.3) is 0 Å². The van der Waals surface area contributed by atoms with E-state index in [1.807, 2.05) is 51.1 Å². The third-order valence-electron chi connectivity index (χ3n) is 2.36. The van der Waals surface area contributed by atoms with Crippen LogP contribution in [0.2, 0.25) is 0 Å². The second-order valence-electron chi connectivity index (χ2n) is 3.64. The van der Waals surface area contributed by atoms with Crippen molar-refractivity contribution in [2.45, 2.75) is 27.3 Å². The Hall–Kier alpha value is -1.57. The highest BCUT2D eigenvalue weighted by Gasteiger charge is 2.01. The maximum atomic E-state index is 11.4. The number of hydrogen-bond donors (Lipinski definition) is 1. The first-order valence-corrected chi connectivity index (χ1v) is 5.10. The molecule has 0 saturated heterocycles. The Kier molecular flexibility index (Phi) is 4.10. The molecule has 0 fully saturated rings. The molecule has 0 spiro atoms. The lowest BCUT2D eigenvalue weighted by Crippen LogP contribution is -2.23. The van der Waals surface area contributed by atoms with Crippen molar-refractivity contribution < 1.29 is 4.79 Å². The molecule has 2 heteroatoms. The topological polar surface area (TPSA) is 29.1 Å². The third-order valence-corrected chi connectivity index (χ3v) is 2.36. The number of hydrogen-bond acceptors (Lipinski definition) is 1. The molecular weight excluding hydrogens is 186 g/mol. The summed E-state index contributed by atoms with van der Waals surface area (Å²) in [6, 6.07) is 8.15. The largest absolute Gasteiger partial charge is 0.348 e. The van der Waals surface area contributed by atoms with E-state index in [4.69, 9.17) is 0 Å². The highest BCUT2D eigenvalue weighted by Crippen LogP contribution is 2.03. The lowest BCUT2D eigenvalue weighted by atomic mass is 10.1. The first-order chi connectivity index (χ1) is 7.13. The van der Waals surface area contributed by atoms with E-state index in [1.54, 1.807) is 0 Å². The van der Waals surface area contributed by atoms with Crippen LogP contribution in [0.15, 0.2) is 35.9 Å². The van der Waals surface area contributed by atoms with Crippen LogP contribution in [-0.4, -0.2) is 5.91 Å². The van der Waals surface area contributed by atoms with Gasteiger partial charge in [0.15, 0.2) is 0 Å². The molecule has 0 aliphatic rings. The molecule has 0 unspecified atom stereocenters. The molecule has 1 N–H and O–H groups in total. The SMILES string of the molecule is C/C=C(\C)C(=O)NCc1ccc(C)cc1. The van der Waals surface area contributed by atoms with Crippen molar-refractivity contribution in [3.05, 3.63) is 47.0 Å². The second kappa shape index (κ2) is 5.35. The predicted octanol–water partition coefficient (Wildman–Crippen LogP) is 2.58. The number of nitrogens with one attached hydrogen (secondary N) is 1. The minimum atomic E-state index is -0.00178. The van der Waals surface area contributed by atoms with Crippen LogP contribution < -0.4 is 5.32 Å². The van der Waals surface area contributed by atoms with Gasteiger partial charge in [-0.2, -0.15) is 0 Å². The number of allylic oxidation sites excluding steroid dienone is 1. The summed E-state index contributed by atoms with van der Waals surface area (Å²) in [6.45, 7) is 6.31. The van der Waals surface area contributed by atoms with E-state index in [2.05, 4.69) is 5.32 Å². The van der Waals surface area contributed by atoms with Crippen LogP contribution in [0.5, 0.6) is 0 Å². The van der Waals surface area contributed by atoms with Gasteiger partial charge in [-0.25, -0.2) is 0 Å². The molecule has 1 rings (SSSR count). The van der Waals surface area contributed by atoms with Gasteiger partial charge in [-0.05, 0) is 26.3 Å². The molecule has 80 valence electrons. The van der Waals surface area contributed by atoms with E-state index in [0.717, 1.165) is 11.1 Å². The lowest BCUT2D eigenvalue weighted by molar-refractivity contribution is -0.117. The van der Waals surface area contributed by atoms with E-state index < -0.39 is 0 Å². The fraction of sp³-hybridized carbons (Fsp3) is 0.308. The van der Waals surface area contributed by atoms with E-state index >= 15 is 0 Å². The summed E-state index contributed by atoms with van der Waals surface area (Å²) in [5, 5.41) is 2.86. The molecule has 1 amide bonds. The van der Waals surface area contributed by atoms with Gasteiger partial charge in [-0.3, -0.25) is 4.79 Å². The quantitative estimate of drug-likeness (QED) is 0.752. The summed E-state index contributed by atoms with van der Waals surface area (Å²) in [7, 11) is 0. The first-order valence-electron chi connectivity index (χ1n) is 5.10. The van der Waals surface area contributed by atoms with Crippen LogP contribution in [0.4, 0.5) is 0 Å². The van der Waals surface area contributed by atoms with Crippen molar-refractivity contribution in [2.24, 2.45) is 0 Å². The number of amides is 1. The molecule has 0 radical (unpaired) electrons. The first kappa shape index (κ1) is 11.5. The van der Waals surface area contributed by atoms with Crippen molar-refractivity contribution >= 4 is 5.91 Å². The van der Waals surface area contributed by atoms with E-state index in [0.29, 0.717) is 6.54 Å². The van der Waals surface area contributed by atoms with Gasteiger partial charge in [0.25, 0.3) is 0 Å². The lowest BCUT2D eigenvalue weighted by Gasteiger charge is -2.05. The fourth-order valence-corrected chi connectivity index (χ4v) is 1.16. The molecule has 0 aromatic heterocycles. The van der Waals surface area contributed by atoms with Crippen molar-refractivity contribution in [3.8, 4) is 0 Å². The van der Waals surface area contributed by atoms with Gasteiger partial charge in [0.2, 0.25) is 5.91 Å². The minimum absolute atomic E-state index is 0.00178. The van der Waals surface area contributed by atoms with Gasteiger partial charge in [0.1, 0.15) is 0 Å². The molecule has 2 nitrogen and oxygen atoms in total. The number of rotatable bonds is 3. The van der Waals surface area contributed by atoms with Gasteiger partial charge >= 0.3 is 0 Å². The molecule has 0 atom stereocenters. The summed E-state index contributed by atoms with van der Waals surface area (Å²) in [5.41, 5.74) is 3.11. The predicted molar refractivity (Wildman–Crippen MR) is 62.5 cm³/mol. The molecule has 0 aliphatic heterocycles. The average molecular weight is 203 g/mol. The standard InChI is InChI=1S/C13H17NO/c1-4-11(3)13(15)14-9-12-7-5-10(2)6-8-12/h4-8H,9H2,1-3H3,(H,14,15)/b11-4+. The molecule has 0 saturated carbocycles. The van der Waals surface area contributed by atoms with E-state index in [-0.39, 0.29) is 5.91 Å². The van der Waals surface area contributed by atoms with Gasteiger partial charge < -0.3 is 5.32 Å². The normalized spacial score (nSPS) is 11.3. The van der Waals surface area contributed by atoms with Crippen molar-refractivity contribution in [3.63, 3.8) is 0 Å². The molecule has 1 aromatic rings. The van der Waals surface area contributed by atoms with Gasteiger partial charge in [-0.1, -0.05) is 35.9 Å². The molecule has 0 heterocycles. The summed E-state index contributed by atoms with van der Waals surface area (Å²) >= 11 is 0. The van der Waals surface area contributed by atoms with Crippen molar-refractivity contribution in [2.75, 3.05) is 0 Å². The summed E-state index contributed by atoms with van der Waals surface area (Å²) < 4.78 is 0. The van der Waals surface area contributed by atoms with Crippen LogP contribution >= 0.6 is 0 Å². The molecular formula is C13H17NO. The molecule has 0 bridgehead atoms. The number of benzene rings is 1. The average Bonchev–Trinajstić information content (AvgIpc) is 2.26. The number of aryl methyl sites for hydroxylation is 1. The minimum Gasteiger partial charge on any atom is -0.348 e. The van der Waals surface area contributed by atoms with Crippen molar-refractivity contribution in [1.82, 2.24) is 5.32 Å². The van der Waals surface area contributed by atoms with Crippen molar-refractivity contribution in [1.29, 1.82) is 0 Å². The zero-order chi connectivity index (χ0) is 11.3. The van der Waals surface area contributed by atoms with E-state index in [9.17, 15) is 4.79 Å². The smallest absolute Gasteiger partial charge is 0.246 e. The number of carbonyl (C=O) groups is 1. The Morgan fingerprint density at radius 3 is 2.47 bits per heavy atom. The zero-order valence-electron chi connectivity index (χ0n) is 9.50. The third kappa shape index (κ3) is 3.58. The van der Waals surface area contributed by atoms with Gasteiger partial charge in [0.05, 0.1) is 0 Å². The molecule has 15 heavy (non-hydrogen) atoms. The summed E-state index contributed by atoms with van der Waals surface area (Å²) in [4.78, 5) is 11.4. The van der Waals surface area contributed by atoms with Crippen LogP contribution in [0, 0.1) is 6.92 Å². The zero-order valence-corrected chi connectivity index (χ0v) is 9.50. The Morgan fingerprint density at radius 1 is 1.33 bits per heavy atom. The fourth-order valence-electron chi connectivity index (χ4n) is 1.16. The molecule has 0 aliphatic carbocycles. The Morgan fingerprint density at radius 2 is 1.93 bits per heavy atom. The Labute approximate surface area is 91.0 Å². The van der Waals surface area contributed by atoms with Gasteiger partial charge in [-0.15, -0.1) is 0 Å². The van der Waals surface area contributed by atoms with Gasteiger partial charge in [0, 0.05) is 12.1 Å². The van der Waals surface area contributed by atoms with Crippen LogP contribution in [0.3, 0.4) is 0 Å². The van der Waals surface area contributed by atoms with Crippen LogP contribution in [0.1, 0.15) is 25.0 Å². The second-order valence-corrected chi connectivity index (χ2v) is 3.64. The highest BCUT2D eigenvalue weighted by molar-refractivity contribution is 5.92. The Balaban J connectivity index is 2.51. The maximum absolute atomic E-state index is 11.4.